The molecule has 2 bridgehead atoms. The number of carbonyl (C=O) groups is 2. The first-order valence-electron chi connectivity index (χ1n) is 10.8. The van der Waals surface area contributed by atoms with Crippen LogP contribution in [-0.2, 0) is 9.59 Å². The number of halogens is 3. The Morgan fingerprint density at radius 1 is 1.18 bits per heavy atom. The van der Waals surface area contributed by atoms with Crippen molar-refractivity contribution in [2.75, 3.05) is 6.61 Å². The van der Waals surface area contributed by atoms with Crippen molar-refractivity contribution < 1.29 is 28.6 Å². The van der Waals surface area contributed by atoms with Crippen LogP contribution in [0.25, 0.3) is 0 Å². The van der Waals surface area contributed by atoms with Gasteiger partial charge in [-0.15, -0.1) is 0 Å². The topological polar surface area (TPSA) is 96.9 Å². The summed E-state index contributed by atoms with van der Waals surface area (Å²) in [5.41, 5.74) is 1.93. The van der Waals surface area contributed by atoms with Gasteiger partial charge in [0.1, 0.15) is 17.3 Å². The molecule has 4 aliphatic rings. The van der Waals surface area contributed by atoms with Gasteiger partial charge in [0.15, 0.2) is 12.7 Å². The first-order valence-corrected chi connectivity index (χ1v) is 11.5. The highest BCUT2D eigenvalue weighted by Gasteiger charge is 2.51. The van der Waals surface area contributed by atoms with Gasteiger partial charge in [0.05, 0.1) is 16.7 Å². The fraction of sp³-hybridized carbons (Fsp3) is 0.333. The van der Waals surface area contributed by atoms with Crippen molar-refractivity contribution in [2.24, 2.45) is 0 Å². The molecule has 3 N–H and O–H groups in total. The Kier molecular flexibility index (Phi) is 5.91. The minimum absolute atomic E-state index is 0.0245. The molecule has 178 valence electrons. The number of benzene rings is 2. The summed E-state index contributed by atoms with van der Waals surface area (Å²) >= 11 is 11.6. The van der Waals surface area contributed by atoms with Crippen LogP contribution in [0.3, 0.4) is 0 Å². The van der Waals surface area contributed by atoms with E-state index in [1.807, 2.05) is 0 Å². The largest absolute Gasteiger partial charge is 0.484 e. The zero-order valence-corrected chi connectivity index (χ0v) is 19.4. The lowest BCUT2D eigenvalue weighted by Gasteiger charge is -2.39. The van der Waals surface area contributed by atoms with Gasteiger partial charge in [0.2, 0.25) is 0 Å². The number of hydrogen-bond donors (Lipinski definition) is 3. The number of ether oxygens (including phenoxy) is 2. The number of aliphatic hydroxyl groups is 1. The fourth-order valence-electron chi connectivity index (χ4n) is 4.67. The number of rotatable bonds is 6. The van der Waals surface area contributed by atoms with Crippen molar-refractivity contribution in [1.82, 2.24) is 10.6 Å². The molecule has 6 rings (SSSR count). The normalized spacial score (nSPS) is 21.8. The average Bonchev–Trinajstić information content (AvgIpc) is 3.28. The van der Waals surface area contributed by atoms with Gasteiger partial charge in [-0.25, -0.2) is 4.39 Å². The van der Waals surface area contributed by atoms with E-state index in [2.05, 4.69) is 10.6 Å². The summed E-state index contributed by atoms with van der Waals surface area (Å²) in [4.78, 5) is 25.2. The van der Waals surface area contributed by atoms with E-state index < -0.39 is 23.6 Å². The Morgan fingerprint density at radius 3 is 2.74 bits per heavy atom. The zero-order valence-electron chi connectivity index (χ0n) is 17.9. The summed E-state index contributed by atoms with van der Waals surface area (Å²) in [5, 5.41) is 16.8. The Labute approximate surface area is 204 Å². The predicted molar refractivity (Wildman–Crippen MR) is 122 cm³/mol. The monoisotopic (exact) mass is 506 g/mol. The Morgan fingerprint density at radius 2 is 1.97 bits per heavy atom. The van der Waals surface area contributed by atoms with Gasteiger partial charge in [0.25, 0.3) is 11.8 Å². The third-order valence-corrected chi connectivity index (χ3v) is 6.86. The minimum Gasteiger partial charge on any atom is -0.484 e. The van der Waals surface area contributed by atoms with E-state index in [4.69, 9.17) is 32.7 Å². The van der Waals surface area contributed by atoms with Crippen molar-refractivity contribution in [1.29, 1.82) is 0 Å². The van der Waals surface area contributed by atoms with E-state index in [0.717, 1.165) is 17.3 Å². The first-order chi connectivity index (χ1) is 16.2. The fourth-order valence-corrected chi connectivity index (χ4v) is 4.97. The van der Waals surface area contributed by atoms with Gasteiger partial charge >= 0.3 is 0 Å². The minimum atomic E-state index is -0.849. The SMILES string of the molecule is O=C(COc1ccc(Cl)c(F)c1)NC1=C2CC(NC(=O)[C@H]3C[C@@H](O)c4cc(Cl)ccc4O3)(C2)C1. The van der Waals surface area contributed by atoms with Crippen LogP contribution in [0.4, 0.5) is 4.39 Å². The number of amides is 2. The lowest BCUT2D eigenvalue weighted by atomic mass is 9.78. The third kappa shape index (κ3) is 4.45. The van der Waals surface area contributed by atoms with E-state index in [1.54, 1.807) is 18.2 Å². The number of fused-ring (bicyclic) bond motifs is 2. The molecule has 1 heterocycles. The molecule has 1 fully saturated rings. The molecule has 0 spiro atoms. The molecule has 34 heavy (non-hydrogen) atoms. The predicted octanol–water partition coefficient (Wildman–Crippen LogP) is 3.82. The average molecular weight is 507 g/mol. The molecule has 2 atom stereocenters. The summed E-state index contributed by atoms with van der Waals surface area (Å²) in [5.74, 6) is -0.665. The van der Waals surface area contributed by atoms with Crippen molar-refractivity contribution in [2.45, 2.75) is 43.4 Å². The molecule has 7 nitrogen and oxygen atoms in total. The zero-order chi connectivity index (χ0) is 24.0. The van der Waals surface area contributed by atoms with Gasteiger partial charge in [-0.1, -0.05) is 23.2 Å². The van der Waals surface area contributed by atoms with Crippen molar-refractivity contribution in [3.63, 3.8) is 0 Å². The number of nitrogens with one attached hydrogen (secondary N) is 2. The number of aliphatic hydroxyl groups excluding tert-OH is 1. The molecule has 2 amide bonds. The molecular formula is C24H21Cl2FN2O5. The highest BCUT2D eigenvalue weighted by atomic mass is 35.5. The molecule has 0 saturated heterocycles. The third-order valence-electron chi connectivity index (χ3n) is 6.31. The molecule has 0 radical (unpaired) electrons. The summed E-state index contributed by atoms with van der Waals surface area (Å²) in [6.45, 7) is -0.283. The molecule has 2 aromatic rings. The standard InChI is InChI=1S/C24H21Cl2FN2O5/c25-13-1-4-20-15(5-13)19(30)7-21(34-20)23(32)29-24-8-12(9-24)18(10-24)28-22(31)11-33-14-2-3-16(26)17(27)6-14/h1-6,19,21,30H,7-11H2,(H,28,31)(H,29,32)/t19-,21-/m1/s1. The van der Waals surface area contributed by atoms with Crippen LogP contribution in [0.5, 0.6) is 11.5 Å². The van der Waals surface area contributed by atoms with Crippen LogP contribution >= 0.6 is 23.2 Å². The van der Waals surface area contributed by atoms with Crippen molar-refractivity contribution >= 4 is 35.0 Å². The molecule has 0 aromatic heterocycles. The lowest BCUT2D eigenvalue weighted by Crippen LogP contribution is -2.55. The molecule has 2 aromatic carbocycles. The number of carbonyl (C=O) groups excluding carboxylic acids is 2. The van der Waals surface area contributed by atoms with E-state index in [9.17, 15) is 19.1 Å². The molecule has 0 unspecified atom stereocenters. The summed E-state index contributed by atoms with van der Waals surface area (Å²) in [6, 6.07) is 8.88. The highest BCUT2D eigenvalue weighted by Crippen LogP contribution is 2.50. The van der Waals surface area contributed by atoms with Crippen LogP contribution in [-0.4, -0.2) is 35.2 Å². The molecular weight excluding hydrogens is 486 g/mol. The molecule has 3 aliphatic carbocycles. The van der Waals surface area contributed by atoms with Gasteiger partial charge in [-0.2, -0.15) is 0 Å². The van der Waals surface area contributed by atoms with Gasteiger partial charge in [0, 0.05) is 35.2 Å². The maximum absolute atomic E-state index is 13.5. The maximum atomic E-state index is 13.5. The van der Waals surface area contributed by atoms with Crippen molar-refractivity contribution in [3.05, 3.63) is 69.1 Å². The molecule has 1 aliphatic heterocycles. The second-order valence-corrected chi connectivity index (χ2v) is 9.68. The first kappa shape index (κ1) is 23.0. The lowest BCUT2D eigenvalue weighted by molar-refractivity contribution is -0.132. The summed E-state index contributed by atoms with van der Waals surface area (Å²) < 4.78 is 24.6. The van der Waals surface area contributed by atoms with E-state index in [-0.39, 0.29) is 35.6 Å². The quantitative estimate of drug-likeness (QED) is 0.553. The Bertz CT molecular complexity index is 1210. The highest BCUT2D eigenvalue weighted by molar-refractivity contribution is 6.31. The van der Waals surface area contributed by atoms with Crippen LogP contribution < -0.4 is 20.1 Å². The smallest absolute Gasteiger partial charge is 0.262 e. The van der Waals surface area contributed by atoms with Crippen molar-refractivity contribution in [3.8, 4) is 11.5 Å². The van der Waals surface area contributed by atoms with Crippen LogP contribution in [0.1, 0.15) is 37.4 Å². The maximum Gasteiger partial charge on any atom is 0.262 e. The van der Waals surface area contributed by atoms with E-state index in [1.165, 1.54) is 12.1 Å². The van der Waals surface area contributed by atoms with Crippen LogP contribution in [0, 0.1) is 5.82 Å². The molecule has 1 saturated carbocycles. The van der Waals surface area contributed by atoms with E-state index in [0.29, 0.717) is 35.6 Å². The summed E-state index contributed by atoms with van der Waals surface area (Å²) in [6.07, 6.45) is 0.212. The number of hydrogen-bond acceptors (Lipinski definition) is 5. The van der Waals surface area contributed by atoms with Gasteiger partial charge < -0.3 is 25.2 Å². The van der Waals surface area contributed by atoms with Crippen LogP contribution in [0.15, 0.2) is 47.7 Å². The summed E-state index contributed by atoms with van der Waals surface area (Å²) in [7, 11) is 0. The van der Waals surface area contributed by atoms with Gasteiger partial charge in [-0.05, 0) is 48.7 Å². The second-order valence-electron chi connectivity index (χ2n) is 8.83. The van der Waals surface area contributed by atoms with Gasteiger partial charge in [-0.3, -0.25) is 9.59 Å². The van der Waals surface area contributed by atoms with Crippen LogP contribution in [0.2, 0.25) is 10.0 Å². The Balaban J connectivity index is 1.13. The Hall–Kier alpha value is -2.81. The second kappa shape index (κ2) is 8.76. The van der Waals surface area contributed by atoms with E-state index >= 15 is 0 Å². The molecule has 10 heteroatoms.